The number of carbonyl (C=O) groups excluding carboxylic acids is 1. The normalized spacial score (nSPS) is 23.5. The van der Waals surface area contributed by atoms with Crippen molar-refractivity contribution in [1.29, 1.82) is 0 Å². The van der Waals surface area contributed by atoms with Crippen LogP contribution in [0.5, 0.6) is 0 Å². The van der Waals surface area contributed by atoms with Crippen molar-refractivity contribution in [3.63, 3.8) is 0 Å². The summed E-state index contributed by atoms with van der Waals surface area (Å²) in [4.78, 5) is 21.7. The van der Waals surface area contributed by atoms with Gasteiger partial charge in [0.15, 0.2) is 0 Å². The van der Waals surface area contributed by atoms with Gasteiger partial charge >= 0.3 is 5.91 Å². The first-order valence-corrected chi connectivity index (χ1v) is 9.88. The largest absolute Gasteiger partial charge is 0.437 e. The molecule has 0 bridgehead atoms. The van der Waals surface area contributed by atoms with E-state index in [0.29, 0.717) is 18.4 Å². The number of carbonyl (C=O) groups is 1. The molecule has 4 heterocycles. The van der Waals surface area contributed by atoms with Crippen LogP contribution in [0.2, 0.25) is 0 Å². The highest BCUT2D eigenvalue weighted by molar-refractivity contribution is 5.89. The summed E-state index contributed by atoms with van der Waals surface area (Å²) >= 11 is 0. The van der Waals surface area contributed by atoms with Crippen LogP contribution in [-0.4, -0.2) is 50.1 Å². The molecule has 0 aliphatic carbocycles. The van der Waals surface area contributed by atoms with E-state index in [1.54, 1.807) is 0 Å². The van der Waals surface area contributed by atoms with E-state index in [9.17, 15) is 4.79 Å². The molecule has 2 aromatic rings. The first kappa shape index (κ1) is 18.2. The molecule has 1 saturated heterocycles. The Hall–Kier alpha value is -2.15. The van der Waals surface area contributed by atoms with Gasteiger partial charge in [0.2, 0.25) is 0 Å². The number of hydrogen-bond acceptors (Lipinski definition) is 5. The second kappa shape index (κ2) is 7.11. The zero-order valence-corrected chi connectivity index (χ0v) is 16.7. The monoisotopic (exact) mass is 371 g/mol. The minimum atomic E-state index is -0.0587. The van der Waals surface area contributed by atoms with Crippen molar-refractivity contribution >= 4 is 5.91 Å². The number of oxazole rings is 1. The summed E-state index contributed by atoms with van der Waals surface area (Å²) in [5, 5.41) is 4.42. The molecule has 0 N–H and O–H groups in total. The molecule has 0 radical (unpaired) electrons. The highest BCUT2D eigenvalue weighted by Gasteiger charge is 2.31. The predicted octanol–water partition coefficient (Wildman–Crippen LogP) is 2.39. The van der Waals surface area contributed by atoms with E-state index in [4.69, 9.17) is 4.42 Å². The van der Waals surface area contributed by atoms with E-state index < -0.39 is 0 Å². The summed E-state index contributed by atoms with van der Waals surface area (Å²) in [5.41, 5.74) is 3.12. The Bertz CT molecular complexity index is 830. The zero-order chi connectivity index (χ0) is 19.1. The van der Waals surface area contributed by atoms with Gasteiger partial charge in [-0.25, -0.2) is 4.98 Å². The van der Waals surface area contributed by atoms with Crippen molar-refractivity contribution in [3.8, 4) is 0 Å². The number of nitrogens with zero attached hydrogens (tertiary/aromatic N) is 5. The van der Waals surface area contributed by atoms with Gasteiger partial charge in [0.1, 0.15) is 5.76 Å². The minimum Gasteiger partial charge on any atom is -0.437 e. The molecule has 7 heteroatoms. The Labute approximate surface area is 160 Å². The first-order chi connectivity index (χ1) is 12.9. The lowest BCUT2D eigenvalue weighted by atomic mass is 9.92. The van der Waals surface area contributed by atoms with Crippen LogP contribution in [0.1, 0.15) is 53.8 Å². The highest BCUT2D eigenvalue weighted by atomic mass is 16.4. The van der Waals surface area contributed by atoms with Crippen molar-refractivity contribution in [3.05, 3.63) is 34.8 Å². The van der Waals surface area contributed by atoms with Gasteiger partial charge in [0.25, 0.3) is 5.89 Å². The third-order valence-electron chi connectivity index (χ3n) is 5.63. The van der Waals surface area contributed by atoms with Gasteiger partial charge in [0, 0.05) is 46.2 Å². The van der Waals surface area contributed by atoms with Crippen LogP contribution in [0.15, 0.2) is 10.5 Å². The van der Waals surface area contributed by atoms with Crippen LogP contribution in [0.25, 0.3) is 0 Å². The van der Waals surface area contributed by atoms with Gasteiger partial charge in [-0.1, -0.05) is 13.8 Å². The number of hydrogen-bond donors (Lipinski definition) is 0. The number of likely N-dealkylation sites (tertiary alicyclic amines) is 1. The van der Waals surface area contributed by atoms with Crippen LogP contribution in [-0.2, 0) is 26.6 Å². The standard InChI is InChI=1S/C20H29N5O2/c1-13-7-14(2)10-25(9-13)20(26)19-21-17-12-24(6-5-18(17)27-19)11-16-8-15(3)22-23(16)4/h8,13-14H,5-7,9-12H2,1-4H3/t13-,14-/m1/s1. The molecule has 2 aliphatic heterocycles. The number of rotatable bonds is 3. The minimum absolute atomic E-state index is 0.0587. The average Bonchev–Trinajstić information content (AvgIpc) is 3.15. The Morgan fingerprint density at radius 1 is 1.30 bits per heavy atom. The van der Waals surface area contributed by atoms with Crippen LogP contribution in [0, 0.1) is 18.8 Å². The average molecular weight is 371 g/mol. The predicted molar refractivity (Wildman–Crippen MR) is 101 cm³/mol. The summed E-state index contributed by atoms with van der Waals surface area (Å²) in [6.07, 6.45) is 1.97. The summed E-state index contributed by atoms with van der Waals surface area (Å²) in [7, 11) is 1.98. The molecule has 27 heavy (non-hydrogen) atoms. The van der Waals surface area contributed by atoms with Gasteiger partial charge in [0.05, 0.1) is 17.1 Å². The summed E-state index contributed by atoms with van der Waals surface area (Å²) in [5.74, 6) is 2.13. The molecule has 2 aromatic heterocycles. The Kier molecular flexibility index (Phi) is 4.80. The SMILES string of the molecule is Cc1cc(CN2CCc3oc(C(=O)N4C[C@H](C)C[C@@H](C)C4)nc3C2)n(C)n1. The number of piperidine rings is 1. The van der Waals surface area contributed by atoms with Crippen LogP contribution >= 0.6 is 0 Å². The summed E-state index contributed by atoms with van der Waals surface area (Å²) in [6.45, 7) is 10.4. The first-order valence-electron chi connectivity index (χ1n) is 9.88. The second-order valence-electron chi connectivity index (χ2n) is 8.41. The molecular weight excluding hydrogens is 342 g/mol. The third kappa shape index (κ3) is 3.78. The molecule has 2 aliphatic rings. The smallest absolute Gasteiger partial charge is 0.309 e. The van der Waals surface area contributed by atoms with Gasteiger partial charge in [-0.05, 0) is 31.2 Å². The van der Waals surface area contributed by atoms with Crippen molar-refractivity contribution in [2.45, 2.75) is 46.7 Å². The van der Waals surface area contributed by atoms with Crippen LogP contribution in [0.4, 0.5) is 0 Å². The molecule has 146 valence electrons. The van der Waals surface area contributed by atoms with Gasteiger partial charge in [-0.2, -0.15) is 5.10 Å². The Balaban J connectivity index is 1.45. The molecule has 7 nitrogen and oxygen atoms in total. The fourth-order valence-corrected chi connectivity index (χ4v) is 4.48. The molecule has 4 rings (SSSR count). The fourth-order valence-electron chi connectivity index (χ4n) is 4.48. The quantitative estimate of drug-likeness (QED) is 0.829. The Morgan fingerprint density at radius 3 is 2.70 bits per heavy atom. The van der Waals surface area contributed by atoms with Gasteiger partial charge < -0.3 is 9.32 Å². The maximum atomic E-state index is 12.9. The molecule has 0 unspecified atom stereocenters. The van der Waals surface area contributed by atoms with Crippen molar-refractivity contribution in [2.75, 3.05) is 19.6 Å². The molecule has 1 amide bonds. The molecular formula is C20H29N5O2. The van der Waals surface area contributed by atoms with Crippen LogP contribution < -0.4 is 0 Å². The Morgan fingerprint density at radius 2 is 2.04 bits per heavy atom. The lowest BCUT2D eigenvalue weighted by Crippen LogP contribution is -2.42. The van der Waals surface area contributed by atoms with Crippen LogP contribution in [0.3, 0.4) is 0 Å². The highest BCUT2D eigenvalue weighted by Crippen LogP contribution is 2.25. The fraction of sp³-hybridized carbons (Fsp3) is 0.650. The van der Waals surface area contributed by atoms with Crippen molar-refractivity contribution in [2.24, 2.45) is 18.9 Å². The molecule has 1 fully saturated rings. The molecule has 0 spiro atoms. The van der Waals surface area contributed by atoms with Crippen molar-refractivity contribution in [1.82, 2.24) is 24.6 Å². The topological polar surface area (TPSA) is 67.4 Å². The van der Waals surface area contributed by atoms with E-state index in [2.05, 4.69) is 34.9 Å². The zero-order valence-electron chi connectivity index (χ0n) is 16.7. The van der Waals surface area contributed by atoms with E-state index in [-0.39, 0.29) is 11.8 Å². The molecule has 0 saturated carbocycles. The second-order valence-corrected chi connectivity index (χ2v) is 8.41. The lowest BCUT2D eigenvalue weighted by Gasteiger charge is -2.34. The number of aryl methyl sites for hydroxylation is 2. The van der Waals surface area contributed by atoms with Gasteiger partial charge in [-0.3, -0.25) is 14.4 Å². The molecule has 2 atom stereocenters. The summed E-state index contributed by atoms with van der Waals surface area (Å²) in [6, 6.07) is 2.12. The lowest BCUT2D eigenvalue weighted by molar-refractivity contribution is 0.0581. The molecule has 0 aromatic carbocycles. The van der Waals surface area contributed by atoms with E-state index >= 15 is 0 Å². The maximum Gasteiger partial charge on any atom is 0.309 e. The summed E-state index contributed by atoms with van der Waals surface area (Å²) < 4.78 is 7.80. The van der Waals surface area contributed by atoms with Crippen molar-refractivity contribution < 1.29 is 9.21 Å². The van der Waals surface area contributed by atoms with Gasteiger partial charge in [-0.15, -0.1) is 0 Å². The number of amides is 1. The third-order valence-corrected chi connectivity index (χ3v) is 5.63. The van der Waals surface area contributed by atoms with E-state index in [1.165, 1.54) is 12.1 Å². The van der Waals surface area contributed by atoms with E-state index in [1.807, 2.05) is 23.6 Å². The van der Waals surface area contributed by atoms with E-state index in [0.717, 1.165) is 49.7 Å². The number of aromatic nitrogens is 3. The maximum absolute atomic E-state index is 12.9. The number of fused-ring (bicyclic) bond motifs is 1.